The predicted molar refractivity (Wildman–Crippen MR) is 195 cm³/mol. The minimum absolute atomic E-state index is 0.0466. The van der Waals surface area contributed by atoms with E-state index in [-0.39, 0.29) is 17.0 Å². The maximum atomic E-state index is 15.5. The fourth-order valence-corrected chi connectivity index (χ4v) is 6.37. The van der Waals surface area contributed by atoms with Crippen LogP contribution in [0.15, 0.2) is 97.2 Å². The number of likely N-dealkylation sites (tertiary alicyclic amines) is 1. The van der Waals surface area contributed by atoms with Gasteiger partial charge in [-0.1, -0.05) is 37.3 Å². The normalized spacial score (nSPS) is 13.7. The van der Waals surface area contributed by atoms with Crippen molar-refractivity contribution < 1.29 is 27.8 Å². The highest BCUT2D eigenvalue weighted by Gasteiger charge is 2.19. The van der Waals surface area contributed by atoms with Crippen molar-refractivity contribution >= 4 is 33.4 Å². The van der Waals surface area contributed by atoms with Gasteiger partial charge in [0.1, 0.15) is 11.6 Å². The third-order valence-electron chi connectivity index (χ3n) is 9.23. The lowest BCUT2D eigenvalue weighted by molar-refractivity contribution is 0.102. The molecule has 0 bridgehead atoms. The van der Waals surface area contributed by atoms with E-state index in [1.165, 1.54) is 43.2 Å². The van der Waals surface area contributed by atoms with Crippen LogP contribution in [0.4, 0.5) is 14.5 Å². The van der Waals surface area contributed by atoms with Crippen LogP contribution in [-0.4, -0.2) is 54.1 Å². The van der Waals surface area contributed by atoms with Gasteiger partial charge in [0.15, 0.2) is 23.1 Å². The Balaban J connectivity index is 1.07. The molecule has 0 radical (unpaired) electrons. The van der Waals surface area contributed by atoms with E-state index in [1.807, 2.05) is 30.3 Å². The molecule has 1 N–H and O–H groups in total. The van der Waals surface area contributed by atoms with Crippen molar-refractivity contribution in [3.63, 3.8) is 0 Å². The van der Waals surface area contributed by atoms with Crippen molar-refractivity contribution in [1.82, 2.24) is 14.9 Å². The Hall–Kier alpha value is -5.61. The van der Waals surface area contributed by atoms with Gasteiger partial charge < -0.3 is 24.4 Å². The van der Waals surface area contributed by atoms with Gasteiger partial charge in [0.05, 0.1) is 36.0 Å². The summed E-state index contributed by atoms with van der Waals surface area (Å²) < 4.78 is 47.6. The number of methoxy groups -OCH3 is 1. The fourth-order valence-electron chi connectivity index (χ4n) is 6.37. The van der Waals surface area contributed by atoms with E-state index in [4.69, 9.17) is 14.2 Å². The third-order valence-corrected chi connectivity index (χ3v) is 9.23. The van der Waals surface area contributed by atoms with Crippen molar-refractivity contribution in [2.45, 2.75) is 26.2 Å². The first-order valence-electron chi connectivity index (χ1n) is 17.1. The van der Waals surface area contributed by atoms with E-state index in [0.29, 0.717) is 51.4 Å². The van der Waals surface area contributed by atoms with Gasteiger partial charge in [-0.3, -0.25) is 9.78 Å². The van der Waals surface area contributed by atoms with Crippen molar-refractivity contribution in [3.8, 4) is 34.3 Å². The topological polar surface area (TPSA) is 85.8 Å². The van der Waals surface area contributed by atoms with E-state index in [1.54, 1.807) is 43.6 Å². The van der Waals surface area contributed by atoms with Crippen LogP contribution in [0.1, 0.15) is 36.5 Å². The van der Waals surface area contributed by atoms with Crippen LogP contribution in [-0.2, 0) is 0 Å². The van der Waals surface area contributed by atoms with Gasteiger partial charge >= 0.3 is 0 Å². The summed E-state index contributed by atoms with van der Waals surface area (Å²) in [5.41, 5.74) is 2.82. The number of piperidine rings is 1. The Bertz CT molecular complexity index is 2190. The zero-order chi connectivity index (χ0) is 35.3. The Morgan fingerprint density at radius 3 is 2.47 bits per heavy atom. The summed E-state index contributed by atoms with van der Waals surface area (Å²) >= 11 is 0. The molecule has 1 saturated heterocycles. The summed E-state index contributed by atoms with van der Waals surface area (Å²) in [6, 6.07) is 24.5. The predicted octanol–water partition coefficient (Wildman–Crippen LogP) is 9.28. The SMILES string of the molecule is COc1cc2c(Oc3ccc(NC(=O)c4cc(-c5ccccc5)nc5ccc(F)cc45)cc3F)ccnc2cc1OCCCN1CCC(C)CC1. The smallest absolute Gasteiger partial charge is 0.256 e. The molecule has 6 aromatic rings. The second-order valence-corrected chi connectivity index (χ2v) is 12.8. The molecule has 0 saturated carbocycles. The molecule has 1 aliphatic heterocycles. The number of halogens is 2. The van der Waals surface area contributed by atoms with Gasteiger partial charge in [-0.2, -0.15) is 0 Å². The molecule has 0 atom stereocenters. The summed E-state index contributed by atoms with van der Waals surface area (Å²) in [6.07, 6.45) is 4.96. The number of amides is 1. The number of ether oxygens (including phenoxy) is 3. The average molecular weight is 689 g/mol. The molecular formula is C41H38F2N4O4. The van der Waals surface area contributed by atoms with Crippen molar-refractivity contribution in [1.29, 1.82) is 0 Å². The molecule has 1 fully saturated rings. The third kappa shape index (κ3) is 7.76. The Morgan fingerprint density at radius 1 is 0.863 bits per heavy atom. The van der Waals surface area contributed by atoms with Crippen LogP contribution in [0, 0.1) is 17.6 Å². The Labute approximate surface area is 295 Å². The van der Waals surface area contributed by atoms with Crippen LogP contribution in [0.3, 0.4) is 0 Å². The molecule has 4 aromatic carbocycles. The number of nitrogens with zero attached hydrogens (tertiary/aromatic N) is 3. The summed E-state index contributed by atoms with van der Waals surface area (Å²) in [5, 5.41) is 3.70. The molecule has 1 aliphatic rings. The number of hydrogen-bond acceptors (Lipinski definition) is 7. The largest absolute Gasteiger partial charge is 0.493 e. The number of pyridine rings is 2. The van der Waals surface area contributed by atoms with Gasteiger partial charge in [0.2, 0.25) is 0 Å². The number of anilines is 1. The molecule has 10 heteroatoms. The first-order chi connectivity index (χ1) is 24.8. The summed E-state index contributed by atoms with van der Waals surface area (Å²) in [5.74, 6) is 0.494. The van der Waals surface area contributed by atoms with Gasteiger partial charge in [-0.25, -0.2) is 13.8 Å². The van der Waals surface area contributed by atoms with Gasteiger partial charge in [-0.15, -0.1) is 0 Å². The molecule has 51 heavy (non-hydrogen) atoms. The lowest BCUT2D eigenvalue weighted by atomic mass is 9.99. The van der Waals surface area contributed by atoms with Crippen LogP contribution in [0.25, 0.3) is 33.1 Å². The summed E-state index contributed by atoms with van der Waals surface area (Å²) in [7, 11) is 1.57. The quantitative estimate of drug-likeness (QED) is 0.136. The molecule has 7 rings (SSSR count). The highest BCUT2D eigenvalue weighted by Crippen LogP contribution is 2.38. The van der Waals surface area contributed by atoms with Gasteiger partial charge in [-0.05, 0) is 86.8 Å². The molecule has 2 aromatic heterocycles. The lowest BCUT2D eigenvalue weighted by Gasteiger charge is -2.30. The fraction of sp³-hybridized carbons (Fsp3) is 0.244. The van der Waals surface area contributed by atoms with E-state index >= 15 is 4.39 Å². The molecule has 0 spiro atoms. The maximum Gasteiger partial charge on any atom is 0.256 e. The molecule has 260 valence electrons. The zero-order valence-electron chi connectivity index (χ0n) is 28.5. The molecule has 8 nitrogen and oxygen atoms in total. The summed E-state index contributed by atoms with van der Waals surface area (Å²) in [4.78, 5) is 25.2. The first kappa shape index (κ1) is 33.9. The minimum atomic E-state index is -0.691. The molecular weight excluding hydrogens is 650 g/mol. The Morgan fingerprint density at radius 2 is 1.69 bits per heavy atom. The second-order valence-electron chi connectivity index (χ2n) is 12.8. The number of benzene rings is 4. The average Bonchev–Trinajstić information content (AvgIpc) is 3.15. The van der Waals surface area contributed by atoms with Gasteiger partial charge in [0.25, 0.3) is 5.91 Å². The number of nitrogens with one attached hydrogen (secondary N) is 1. The maximum absolute atomic E-state index is 15.5. The number of rotatable bonds is 11. The number of fused-ring (bicyclic) bond motifs is 2. The van der Waals surface area contributed by atoms with Crippen LogP contribution in [0.2, 0.25) is 0 Å². The van der Waals surface area contributed by atoms with Crippen molar-refractivity contribution in [2.75, 3.05) is 38.7 Å². The van der Waals surface area contributed by atoms with Crippen molar-refractivity contribution in [2.24, 2.45) is 5.92 Å². The molecule has 0 unspecified atom stereocenters. The first-order valence-corrected chi connectivity index (χ1v) is 17.1. The monoisotopic (exact) mass is 688 g/mol. The minimum Gasteiger partial charge on any atom is -0.493 e. The Kier molecular flexibility index (Phi) is 10.0. The molecule has 3 heterocycles. The molecule has 1 amide bonds. The van der Waals surface area contributed by atoms with Crippen molar-refractivity contribution in [3.05, 3.63) is 114 Å². The van der Waals surface area contributed by atoms with E-state index in [2.05, 4.69) is 27.1 Å². The number of hydrogen-bond donors (Lipinski definition) is 1. The number of aromatic nitrogens is 2. The standard InChI is InChI=1S/C41H38F2N4O4/c1-26-14-18-47(19-15-26)17-6-20-50-40-25-36-32(24-39(40)49-2)37(13-16-44-36)51-38-12-10-29(22-33(38)43)45-41(48)31-23-35(27-7-4-3-5-8-27)46-34-11-9-28(42)21-30(31)34/h3-5,7-13,16,21-26H,6,14-15,17-20H2,1-2H3,(H,45,48). The van der Waals surface area contributed by atoms with Crippen LogP contribution < -0.4 is 19.5 Å². The number of carbonyl (C=O) groups is 1. The highest BCUT2D eigenvalue weighted by atomic mass is 19.1. The second kappa shape index (κ2) is 15.1. The molecule has 0 aliphatic carbocycles. The zero-order valence-corrected chi connectivity index (χ0v) is 28.5. The lowest BCUT2D eigenvalue weighted by Crippen LogP contribution is -2.34. The number of carbonyl (C=O) groups excluding carboxylic acids is 1. The van der Waals surface area contributed by atoms with Crippen LogP contribution >= 0.6 is 0 Å². The van der Waals surface area contributed by atoms with E-state index in [0.717, 1.165) is 37.5 Å². The van der Waals surface area contributed by atoms with Gasteiger partial charge in [0, 0.05) is 46.9 Å². The highest BCUT2D eigenvalue weighted by molar-refractivity contribution is 6.13. The summed E-state index contributed by atoms with van der Waals surface area (Å²) in [6.45, 7) is 6.10. The van der Waals surface area contributed by atoms with Crippen LogP contribution in [0.5, 0.6) is 23.0 Å². The van der Waals surface area contributed by atoms with E-state index < -0.39 is 17.5 Å². The van der Waals surface area contributed by atoms with E-state index in [9.17, 15) is 9.18 Å².